The van der Waals surface area contributed by atoms with Crippen LogP contribution in [0, 0.1) is 0 Å². The average molecular weight is 133 g/mol. The van der Waals surface area contributed by atoms with Gasteiger partial charge in [0.05, 0.1) is 0 Å². The molecule has 0 fully saturated rings. The largest absolute Gasteiger partial charge is 0.479 e. The smallest absolute Gasteiger partial charge is 0.332 e. The molecule has 9 heavy (non-hydrogen) atoms. The van der Waals surface area contributed by atoms with Crippen LogP contribution >= 0.6 is 0 Å². The number of hydrogen-bond donors (Lipinski definition) is 2. The van der Waals surface area contributed by atoms with Crippen molar-refractivity contribution >= 4 is 5.97 Å². The third kappa shape index (κ3) is 3.05. The Morgan fingerprint density at radius 2 is 2.44 bits per heavy atom. The van der Waals surface area contributed by atoms with Crippen molar-refractivity contribution in [1.29, 1.82) is 0 Å². The van der Waals surface area contributed by atoms with Crippen molar-refractivity contribution in [3.63, 3.8) is 0 Å². The summed E-state index contributed by atoms with van der Waals surface area (Å²) in [4.78, 5) is 10.1. The summed E-state index contributed by atoms with van der Waals surface area (Å²) in [6.07, 6.45) is -0.374. The molecule has 0 aliphatic rings. The summed E-state index contributed by atoms with van der Waals surface area (Å²) in [5, 5.41) is 8.32. The van der Waals surface area contributed by atoms with E-state index in [9.17, 15) is 4.79 Å². The molecule has 0 rings (SSSR count). The monoisotopic (exact) mass is 133 g/mol. The second kappa shape index (κ2) is 4.29. The predicted octanol–water partition coefficient (Wildman–Crippen LogP) is -0.565. The summed E-state index contributed by atoms with van der Waals surface area (Å²) in [5.74, 6) is -0.956. The van der Waals surface area contributed by atoms with Gasteiger partial charge in [-0.2, -0.15) is 0 Å². The molecule has 0 aromatic rings. The number of carbonyl (C=O) groups is 1. The molecule has 0 spiro atoms. The third-order valence-electron chi connectivity index (χ3n) is 0.989. The predicted molar refractivity (Wildman–Crippen MR) is 32.1 cm³/mol. The standard InChI is InChI=1S/C5H11NO3/c1-9-4(2-3-6)5(7)8/h4H,2-3,6H2,1H3,(H,7,8)/t4-/m1/s1. The minimum Gasteiger partial charge on any atom is -0.479 e. The Kier molecular flexibility index (Phi) is 4.00. The zero-order valence-corrected chi connectivity index (χ0v) is 5.33. The maximum atomic E-state index is 10.1. The van der Waals surface area contributed by atoms with Crippen LogP contribution in [0.25, 0.3) is 0 Å². The molecule has 4 heteroatoms. The van der Waals surface area contributed by atoms with E-state index >= 15 is 0 Å². The SMILES string of the molecule is CO[C@H](CCN)C(=O)O. The van der Waals surface area contributed by atoms with E-state index in [4.69, 9.17) is 10.8 Å². The van der Waals surface area contributed by atoms with Gasteiger partial charge in [0.25, 0.3) is 0 Å². The Balaban J connectivity index is 3.54. The summed E-state index contributed by atoms with van der Waals surface area (Å²) in [6.45, 7) is 0.338. The van der Waals surface area contributed by atoms with Crippen molar-refractivity contribution in [2.24, 2.45) is 5.73 Å². The number of aliphatic carboxylic acids is 1. The highest BCUT2D eigenvalue weighted by molar-refractivity contribution is 5.72. The van der Waals surface area contributed by atoms with Crippen LogP contribution in [0.1, 0.15) is 6.42 Å². The van der Waals surface area contributed by atoms with Gasteiger partial charge in [-0.3, -0.25) is 0 Å². The molecule has 0 amide bonds. The van der Waals surface area contributed by atoms with E-state index in [2.05, 4.69) is 4.74 Å². The van der Waals surface area contributed by atoms with Crippen molar-refractivity contribution < 1.29 is 14.6 Å². The van der Waals surface area contributed by atoms with Crippen LogP contribution in [0.2, 0.25) is 0 Å². The fraction of sp³-hybridized carbons (Fsp3) is 0.800. The van der Waals surface area contributed by atoms with E-state index in [1.807, 2.05) is 0 Å². The minimum atomic E-state index is -0.956. The van der Waals surface area contributed by atoms with E-state index in [1.54, 1.807) is 0 Å². The number of nitrogens with two attached hydrogens (primary N) is 1. The zero-order chi connectivity index (χ0) is 7.28. The lowest BCUT2D eigenvalue weighted by molar-refractivity contribution is -0.148. The molecule has 54 valence electrons. The van der Waals surface area contributed by atoms with Gasteiger partial charge in [0.2, 0.25) is 0 Å². The second-order valence-electron chi connectivity index (χ2n) is 1.64. The molecule has 0 unspecified atom stereocenters. The highest BCUT2D eigenvalue weighted by atomic mass is 16.5. The van der Waals surface area contributed by atoms with Gasteiger partial charge in [0, 0.05) is 7.11 Å². The molecule has 0 heterocycles. The van der Waals surface area contributed by atoms with Crippen molar-refractivity contribution in [3.8, 4) is 0 Å². The van der Waals surface area contributed by atoms with Crippen molar-refractivity contribution in [2.75, 3.05) is 13.7 Å². The van der Waals surface area contributed by atoms with Crippen molar-refractivity contribution in [3.05, 3.63) is 0 Å². The van der Waals surface area contributed by atoms with Gasteiger partial charge in [-0.15, -0.1) is 0 Å². The second-order valence-corrected chi connectivity index (χ2v) is 1.64. The molecule has 0 saturated heterocycles. The van der Waals surface area contributed by atoms with Crippen LogP contribution in [-0.2, 0) is 9.53 Å². The van der Waals surface area contributed by atoms with Gasteiger partial charge in [-0.1, -0.05) is 0 Å². The lowest BCUT2D eigenvalue weighted by Gasteiger charge is -2.06. The van der Waals surface area contributed by atoms with Crippen LogP contribution in [0.5, 0.6) is 0 Å². The van der Waals surface area contributed by atoms with Crippen LogP contribution in [0.3, 0.4) is 0 Å². The lowest BCUT2D eigenvalue weighted by atomic mass is 10.2. The van der Waals surface area contributed by atoms with E-state index in [-0.39, 0.29) is 0 Å². The number of hydrogen-bond acceptors (Lipinski definition) is 3. The van der Waals surface area contributed by atoms with Gasteiger partial charge >= 0.3 is 5.97 Å². The van der Waals surface area contributed by atoms with Crippen molar-refractivity contribution in [1.82, 2.24) is 0 Å². The highest BCUT2D eigenvalue weighted by Crippen LogP contribution is 1.93. The fourth-order valence-corrected chi connectivity index (χ4v) is 0.494. The topological polar surface area (TPSA) is 72.5 Å². The van der Waals surface area contributed by atoms with E-state index < -0.39 is 12.1 Å². The number of methoxy groups -OCH3 is 1. The van der Waals surface area contributed by atoms with Crippen molar-refractivity contribution in [2.45, 2.75) is 12.5 Å². The molecule has 3 N–H and O–H groups in total. The Bertz CT molecular complexity index is 94.2. The first-order valence-corrected chi connectivity index (χ1v) is 2.68. The number of carboxylic acid groups (broad SMARTS) is 1. The van der Waals surface area contributed by atoms with Gasteiger partial charge in [-0.25, -0.2) is 4.79 Å². The molecule has 0 aliphatic carbocycles. The quantitative estimate of drug-likeness (QED) is 0.539. The Morgan fingerprint density at radius 1 is 1.89 bits per heavy atom. The van der Waals surface area contributed by atoms with Gasteiger partial charge in [-0.05, 0) is 13.0 Å². The van der Waals surface area contributed by atoms with Crippen LogP contribution in [0.4, 0.5) is 0 Å². The first-order chi connectivity index (χ1) is 4.22. The van der Waals surface area contributed by atoms with Crippen LogP contribution in [0.15, 0.2) is 0 Å². The fourth-order valence-electron chi connectivity index (χ4n) is 0.494. The van der Waals surface area contributed by atoms with Crippen LogP contribution < -0.4 is 5.73 Å². The summed E-state index contributed by atoms with van der Waals surface area (Å²) < 4.78 is 4.57. The molecule has 4 nitrogen and oxygen atoms in total. The molecule has 0 bridgehead atoms. The van der Waals surface area contributed by atoms with E-state index in [0.29, 0.717) is 13.0 Å². The number of ether oxygens (including phenoxy) is 1. The van der Waals surface area contributed by atoms with E-state index in [1.165, 1.54) is 7.11 Å². The van der Waals surface area contributed by atoms with Gasteiger partial charge in [0.15, 0.2) is 6.10 Å². The summed E-state index contributed by atoms with van der Waals surface area (Å²) in [7, 11) is 1.36. The Morgan fingerprint density at radius 3 is 2.56 bits per heavy atom. The van der Waals surface area contributed by atoms with Gasteiger partial charge < -0.3 is 15.6 Å². The highest BCUT2D eigenvalue weighted by Gasteiger charge is 2.13. The minimum absolute atomic E-state index is 0.338. The van der Waals surface area contributed by atoms with Crippen LogP contribution in [-0.4, -0.2) is 30.8 Å². The maximum Gasteiger partial charge on any atom is 0.332 e. The molecule has 1 atom stereocenters. The Hall–Kier alpha value is -0.610. The molecule has 0 aliphatic heterocycles. The first-order valence-electron chi connectivity index (χ1n) is 2.68. The summed E-state index contributed by atoms with van der Waals surface area (Å²) >= 11 is 0. The average Bonchev–Trinajstić information content (AvgIpc) is 1.82. The summed E-state index contributed by atoms with van der Waals surface area (Å²) in [6, 6.07) is 0. The molecule has 0 aromatic carbocycles. The lowest BCUT2D eigenvalue weighted by Crippen LogP contribution is -2.25. The zero-order valence-electron chi connectivity index (χ0n) is 5.33. The number of carboxylic acids is 1. The molecule has 0 saturated carbocycles. The first kappa shape index (κ1) is 8.39. The maximum absolute atomic E-state index is 10.1. The molecule has 0 aromatic heterocycles. The van der Waals surface area contributed by atoms with Gasteiger partial charge in [0.1, 0.15) is 0 Å². The summed E-state index contributed by atoms with van der Waals surface area (Å²) in [5.41, 5.74) is 5.10. The number of rotatable bonds is 4. The molecular formula is C5H11NO3. The Labute approximate surface area is 53.6 Å². The van der Waals surface area contributed by atoms with E-state index in [0.717, 1.165) is 0 Å². The molecular weight excluding hydrogens is 122 g/mol. The molecule has 0 radical (unpaired) electrons. The third-order valence-corrected chi connectivity index (χ3v) is 0.989. The normalized spacial score (nSPS) is 13.1.